The first kappa shape index (κ1) is 24.6. The Morgan fingerprint density at radius 2 is 1.78 bits per heavy atom. The fourth-order valence-corrected chi connectivity index (χ4v) is 5.78. The van der Waals surface area contributed by atoms with E-state index in [4.69, 9.17) is 4.74 Å². The smallest absolute Gasteiger partial charge is 0.234 e. The zero-order valence-electron chi connectivity index (χ0n) is 20.7. The summed E-state index contributed by atoms with van der Waals surface area (Å²) in [6.45, 7) is 4.38. The summed E-state index contributed by atoms with van der Waals surface area (Å²) in [5, 5.41) is 15.4. The average Bonchev–Trinajstić information content (AvgIpc) is 3.41. The summed E-state index contributed by atoms with van der Waals surface area (Å²) in [6.07, 6.45) is 6.90. The van der Waals surface area contributed by atoms with E-state index in [0.717, 1.165) is 43.6 Å². The van der Waals surface area contributed by atoms with Crippen LogP contribution in [0.2, 0.25) is 0 Å². The van der Waals surface area contributed by atoms with Gasteiger partial charge in [-0.15, -0.1) is 5.10 Å². The summed E-state index contributed by atoms with van der Waals surface area (Å²) >= 11 is 1.28. The van der Waals surface area contributed by atoms with Gasteiger partial charge in [0.25, 0.3) is 0 Å². The second-order valence-corrected chi connectivity index (χ2v) is 10.2. The number of ether oxygens (including phenoxy) is 1. The first-order valence-electron chi connectivity index (χ1n) is 12.6. The quantitative estimate of drug-likeness (QED) is 0.460. The lowest BCUT2D eigenvalue weighted by Gasteiger charge is -2.41. The monoisotopic (exact) mass is 507 g/mol. The molecule has 1 N–H and O–H groups in total. The van der Waals surface area contributed by atoms with Crippen LogP contribution < -0.4 is 15.0 Å². The largest absolute Gasteiger partial charge is 0.494 e. The Morgan fingerprint density at radius 1 is 1.03 bits per heavy atom. The van der Waals surface area contributed by atoms with Crippen LogP contribution in [0.3, 0.4) is 0 Å². The number of para-hydroxylation sites is 2. The molecule has 0 radical (unpaired) electrons. The van der Waals surface area contributed by atoms with E-state index in [1.54, 1.807) is 11.8 Å². The minimum absolute atomic E-state index is 0.108. The van der Waals surface area contributed by atoms with Gasteiger partial charge in [-0.05, 0) is 59.7 Å². The van der Waals surface area contributed by atoms with E-state index in [0.29, 0.717) is 10.9 Å². The van der Waals surface area contributed by atoms with Crippen molar-refractivity contribution in [1.29, 1.82) is 0 Å². The number of tetrazole rings is 1. The minimum atomic E-state index is -0.108. The Balaban J connectivity index is 1.11. The summed E-state index contributed by atoms with van der Waals surface area (Å²) < 4.78 is 6.99. The van der Waals surface area contributed by atoms with Crippen molar-refractivity contribution in [1.82, 2.24) is 25.1 Å². The van der Waals surface area contributed by atoms with Gasteiger partial charge in [0.2, 0.25) is 11.1 Å². The number of benzene rings is 2. The van der Waals surface area contributed by atoms with E-state index in [-0.39, 0.29) is 11.7 Å². The van der Waals surface area contributed by atoms with Crippen molar-refractivity contribution in [2.75, 3.05) is 49.3 Å². The van der Waals surface area contributed by atoms with Gasteiger partial charge in [-0.1, -0.05) is 43.2 Å². The number of hydrogen-bond donors (Lipinski definition) is 1. The van der Waals surface area contributed by atoms with E-state index in [2.05, 4.69) is 42.8 Å². The van der Waals surface area contributed by atoms with Crippen LogP contribution in [0.15, 0.2) is 53.7 Å². The third-order valence-corrected chi connectivity index (χ3v) is 7.93. The highest BCUT2D eigenvalue weighted by Crippen LogP contribution is 2.27. The van der Waals surface area contributed by atoms with Crippen molar-refractivity contribution in [2.24, 2.45) is 0 Å². The molecule has 0 atom stereocenters. The molecule has 10 heteroatoms. The lowest BCUT2D eigenvalue weighted by molar-refractivity contribution is -0.113. The molecule has 2 fully saturated rings. The number of anilines is 2. The molecule has 5 rings (SSSR count). The van der Waals surface area contributed by atoms with Crippen LogP contribution in [0.25, 0.3) is 5.69 Å². The Labute approximate surface area is 216 Å². The first-order chi connectivity index (χ1) is 17.7. The summed E-state index contributed by atoms with van der Waals surface area (Å²) in [7, 11) is 1.60. The number of nitrogens with zero attached hydrogens (tertiary/aromatic N) is 6. The maximum Gasteiger partial charge on any atom is 0.234 e. The van der Waals surface area contributed by atoms with Crippen LogP contribution >= 0.6 is 11.8 Å². The topological polar surface area (TPSA) is 88.4 Å². The van der Waals surface area contributed by atoms with E-state index < -0.39 is 0 Å². The van der Waals surface area contributed by atoms with E-state index in [1.807, 2.05) is 36.4 Å². The summed E-state index contributed by atoms with van der Waals surface area (Å²) in [5.74, 6) is 0.746. The number of carbonyl (C=O) groups is 1. The van der Waals surface area contributed by atoms with Gasteiger partial charge in [0.15, 0.2) is 0 Å². The number of carbonyl (C=O) groups excluding carboxylic acids is 1. The SMILES string of the molecule is COc1ccccc1-n1nnnc1SCC(=O)Nc1ccc(N2CCN(C3CCCCC3)CC2)cc1. The number of piperazine rings is 1. The number of hydrogen-bond acceptors (Lipinski definition) is 8. The second-order valence-electron chi connectivity index (χ2n) is 9.24. The molecule has 9 nitrogen and oxygen atoms in total. The molecule has 2 heterocycles. The maximum atomic E-state index is 12.6. The van der Waals surface area contributed by atoms with Crippen molar-refractivity contribution in [3.63, 3.8) is 0 Å². The fourth-order valence-electron chi connectivity index (χ4n) is 5.10. The molecule has 1 saturated heterocycles. The van der Waals surface area contributed by atoms with Gasteiger partial charge in [0.05, 0.1) is 12.9 Å². The highest BCUT2D eigenvalue weighted by Gasteiger charge is 2.25. The molecule has 0 bridgehead atoms. The van der Waals surface area contributed by atoms with Crippen LogP contribution in [-0.2, 0) is 4.79 Å². The van der Waals surface area contributed by atoms with Crippen molar-refractivity contribution in [3.05, 3.63) is 48.5 Å². The molecule has 0 spiro atoms. The first-order valence-corrected chi connectivity index (χ1v) is 13.6. The Bertz CT molecular complexity index is 1140. The molecule has 1 aliphatic carbocycles. The zero-order chi connectivity index (χ0) is 24.7. The highest BCUT2D eigenvalue weighted by atomic mass is 32.2. The third kappa shape index (κ3) is 5.82. The molecular formula is C26H33N7O2S. The summed E-state index contributed by atoms with van der Waals surface area (Å²) in [4.78, 5) is 17.7. The molecule has 190 valence electrons. The lowest BCUT2D eigenvalue weighted by atomic mass is 9.94. The number of thioether (sulfide) groups is 1. The molecule has 1 amide bonds. The molecular weight excluding hydrogens is 474 g/mol. The second kappa shape index (κ2) is 11.7. The fraction of sp³-hybridized carbons (Fsp3) is 0.462. The molecule has 2 aliphatic rings. The van der Waals surface area contributed by atoms with Crippen molar-refractivity contribution >= 4 is 29.0 Å². The van der Waals surface area contributed by atoms with Crippen LogP contribution in [0, 0.1) is 0 Å². The number of aromatic nitrogens is 4. The van der Waals surface area contributed by atoms with Crippen LogP contribution in [0.4, 0.5) is 11.4 Å². The molecule has 36 heavy (non-hydrogen) atoms. The average molecular weight is 508 g/mol. The molecule has 0 unspecified atom stereocenters. The number of methoxy groups -OCH3 is 1. The highest BCUT2D eigenvalue weighted by molar-refractivity contribution is 7.99. The Morgan fingerprint density at radius 3 is 2.53 bits per heavy atom. The maximum absolute atomic E-state index is 12.6. The molecule has 1 aromatic heterocycles. The predicted octanol–water partition coefficient (Wildman–Crippen LogP) is 3.86. The summed E-state index contributed by atoms with van der Waals surface area (Å²) in [6, 6.07) is 16.4. The van der Waals surface area contributed by atoms with Crippen LogP contribution in [-0.4, -0.2) is 76.1 Å². The molecule has 3 aromatic rings. The van der Waals surface area contributed by atoms with Crippen molar-refractivity contribution in [2.45, 2.75) is 43.3 Å². The summed E-state index contributed by atoms with van der Waals surface area (Å²) in [5.41, 5.74) is 2.72. The lowest BCUT2D eigenvalue weighted by Crippen LogP contribution is -2.50. The van der Waals surface area contributed by atoms with Gasteiger partial charge in [0, 0.05) is 43.6 Å². The van der Waals surface area contributed by atoms with Crippen LogP contribution in [0.1, 0.15) is 32.1 Å². The van der Waals surface area contributed by atoms with Gasteiger partial charge in [-0.3, -0.25) is 9.69 Å². The molecule has 1 aliphatic heterocycles. The van der Waals surface area contributed by atoms with Gasteiger partial charge in [0.1, 0.15) is 11.4 Å². The number of rotatable bonds is 8. The van der Waals surface area contributed by atoms with Gasteiger partial charge in [-0.25, -0.2) is 0 Å². The molecule has 1 saturated carbocycles. The predicted molar refractivity (Wildman–Crippen MR) is 142 cm³/mol. The van der Waals surface area contributed by atoms with Gasteiger partial charge in [-0.2, -0.15) is 4.68 Å². The minimum Gasteiger partial charge on any atom is -0.494 e. The van der Waals surface area contributed by atoms with E-state index in [9.17, 15) is 4.79 Å². The molecule has 2 aromatic carbocycles. The van der Waals surface area contributed by atoms with E-state index >= 15 is 0 Å². The number of amides is 1. The Hall–Kier alpha value is -3.11. The van der Waals surface area contributed by atoms with E-state index in [1.165, 1.54) is 49.6 Å². The Kier molecular flexibility index (Phi) is 8.02. The van der Waals surface area contributed by atoms with Crippen LogP contribution in [0.5, 0.6) is 5.75 Å². The van der Waals surface area contributed by atoms with Crippen molar-refractivity contribution < 1.29 is 9.53 Å². The number of nitrogens with one attached hydrogen (secondary N) is 1. The normalized spacial score (nSPS) is 17.2. The third-order valence-electron chi connectivity index (χ3n) is 7.01. The zero-order valence-corrected chi connectivity index (χ0v) is 21.5. The standard InChI is InChI=1S/C26H33N7O2S/c1-35-24-10-6-5-9-23(24)33-26(28-29-30-33)36-19-25(34)27-20-11-13-22(14-12-20)32-17-15-31(16-18-32)21-7-3-2-4-8-21/h5-6,9-14,21H,2-4,7-8,15-19H2,1H3,(H,27,34). The van der Waals surface area contributed by atoms with Gasteiger partial charge >= 0.3 is 0 Å². The van der Waals surface area contributed by atoms with Crippen molar-refractivity contribution in [3.8, 4) is 11.4 Å². The van der Waals surface area contributed by atoms with Gasteiger partial charge < -0.3 is 15.0 Å².